The number of hydrogen-bond donors (Lipinski definition) is 2. The quantitative estimate of drug-likeness (QED) is 0.623. The average Bonchev–Trinajstić information content (AvgIpc) is 3.28. The summed E-state index contributed by atoms with van der Waals surface area (Å²) in [5, 5.41) is 10.2. The number of aliphatic imine (C=N–C) groups is 1. The van der Waals surface area contributed by atoms with Gasteiger partial charge in [-0.15, -0.1) is 0 Å². The summed E-state index contributed by atoms with van der Waals surface area (Å²) < 4.78 is 0. The normalized spacial score (nSPS) is 44.4. The number of amidine groups is 1. The lowest BCUT2D eigenvalue weighted by Gasteiger charge is -2.58. The smallest absolute Gasteiger partial charge is 0.126 e. The molecule has 6 rings (SSSR count). The van der Waals surface area contributed by atoms with Gasteiger partial charge >= 0.3 is 0 Å². The maximum atomic E-state index is 10.2. The first-order valence-electron chi connectivity index (χ1n) is 12.2. The second-order valence-corrected chi connectivity index (χ2v) is 11.4. The van der Waals surface area contributed by atoms with Gasteiger partial charge in [0.25, 0.3) is 0 Å². The Balaban J connectivity index is 1.31. The highest BCUT2D eigenvalue weighted by molar-refractivity contribution is 6.00. The van der Waals surface area contributed by atoms with Crippen LogP contribution in [-0.4, -0.2) is 17.0 Å². The molecular formula is C27H36N2O. The van der Waals surface area contributed by atoms with Crippen LogP contribution < -0.4 is 5.73 Å². The van der Waals surface area contributed by atoms with E-state index in [1.165, 1.54) is 49.7 Å². The molecule has 0 spiro atoms. The summed E-state index contributed by atoms with van der Waals surface area (Å²) in [5.41, 5.74) is 12.4. The van der Waals surface area contributed by atoms with Gasteiger partial charge in [-0.3, -0.25) is 4.99 Å². The van der Waals surface area contributed by atoms with Crippen molar-refractivity contribution >= 4 is 5.84 Å². The highest BCUT2D eigenvalue weighted by atomic mass is 16.3. The Morgan fingerprint density at radius 1 is 1.07 bits per heavy atom. The molecule has 1 heterocycles. The number of rotatable bonds is 1. The fourth-order valence-corrected chi connectivity index (χ4v) is 8.66. The van der Waals surface area contributed by atoms with Crippen molar-refractivity contribution in [2.45, 2.75) is 83.8 Å². The van der Waals surface area contributed by atoms with Crippen molar-refractivity contribution in [2.75, 3.05) is 0 Å². The van der Waals surface area contributed by atoms with Gasteiger partial charge in [0.2, 0.25) is 0 Å². The van der Waals surface area contributed by atoms with Crippen LogP contribution in [-0.2, 0) is 6.54 Å². The predicted octanol–water partition coefficient (Wildman–Crippen LogP) is 5.31. The first-order valence-corrected chi connectivity index (χ1v) is 12.2. The maximum absolute atomic E-state index is 10.2. The van der Waals surface area contributed by atoms with Gasteiger partial charge in [0.15, 0.2) is 0 Å². The van der Waals surface area contributed by atoms with Crippen molar-refractivity contribution in [3.8, 4) is 0 Å². The van der Waals surface area contributed by atoms with Crippen molar-refractivity contribution in [1.82, 2.24) is 0 Å². The number of nitrogens with two attached hydrogens (primary N) is 1. The van der Waals surface area contributed by atoms with Crippen molar-refractivity contribution in [1.29, 1.82) is 0 Å². The monoisotopic (exact) mass is 404 g/mol. The largest absolute Gasteiger partial charge is 0.393 e. The van der Waals surface area contributed by atoms with Gasteiger partial charge in [-0.2, -0.15) is 0 Å². The van der Waals surface area contributed by atoms with Gasteiger partial charge in [-0.05, 0) is 97.0 Å². The lowest BCUT2D eigenvalue weighted by Crippen LogP contribution is -2.50. The molecule has 0 saturated heterocycles. The highest BCUT2D eigenvalue weighted by Gasteiger charge is 2.58. The molecule has 0 amide bonds. The zero-order valence-corrected chi connectivity index (χ0v) is 18.5. The molecule has 0 unspecified atom stereocenters. The van der Waals surface area contributed by atoms with Crippen molar-refractivity contribution < 1.29 is 5.11 Å². The molecule has 5 aliphatic rings. The van der Waals surface area contributed by atoms with E-state index in [2.05, 4.69) is 43.1 Å². The lowest BCUT2D eigenvalue weighted by atomic mass is 9.47. The second-order valence-electron chi connectivity index (χ2n) is 11.4. The molecule has 3 saturated carbocycles. The van der Waals surface area contributed by atoms with Crippen LogP contribution in [0.2, 0.25) is 0 Å². The molecule has 30 heavy (non-hydrogen) atoms. The SMILES string of the molecule is C[C@]12CC[C@H]3[C@@H](CC=C4C[C@@H](O)CC[C@@]43C)[C@@H]1CC[C@@H]2c1ccc2c(c1)CN=C2N. The minimum atomic E-state index is -0.108. The minimum Gasteiger partial charge on any atom is -0.393 e. The summed E-state index contributed by atoms with van der Waals surface area (Å²) in [6, 6.07) is 6.99. The van der Waals surface area contributed by atoms with E-state index in [0.29, 0.717) is 22.6 Å². The summed E-state index contributed by atoms with van der Waals surface area (Å²) in [5.74, 6) is 3.85. The molecule has 3 nitrogen and oxygen atoms in total. The van der Waals surface area contributed by atoms with Crippen LogP contribution in [0, 0.1) is 28.6 Å². The Morgan fingerprint density at radius 3 is 2.80 bits per heavy atom. The van der Waals surface area contributed by atoms with Gasteiger partial charge < -0.3 is 10.8 Å². The molecule has 1 aromatic rings. The Bertz CT molecular complexity index is 948. The Labute approximate surface area is 180 Å². The molecule has 4 aliphatic carbocycles. The molecule has 0 radical (unpaired) electrons. The molecule has 7 atom stereocenters. The van der Waals surface area contributed by atoms with E-state index in [9.17, 15) is 5.11 Å². The van der Waals surface area contributed by atoms with E-state index >= 15 is 0 Å². The molecule has 0 bridgehead atoms. The van der Waals surface area contributed by atoms with E-state index in [4.69, 9.17) is 5.73 Å². The van der Waals surface area contributed by atoms with Gasteiger partial charge in [-0.25, -0.2) is 0 Å². The van der Waals surface area contributed by atoms with Crippen LogP contribution in [0.15, 0.2) is 34.8 Å². The van der Waals surface area contributed by atoms with Crippen LogP contribution in [0.3, 0.4) is 0 Å². The zero-order chi connectivity index (χ0) is 20.7. The predicted molar refractivity (Wildman–Crippen MR) is 121 cm³/mol. The van der Waals surface area contributed by atoms with Crippen LogP contribution in [0.5, 0.6) is 0 Å². The average molecular weight is 405 g/mol. The summed E-state index contributed by atoms with van der Waals surface area (Å²) >= 11 is 0. The Morgan fingerprint density at radius 2 is 1.93 bits per heavy atom. The van der Waals surface area contributed by atoms with Crippen molar-refractivity contribution in [2.24, 2.45) is 39.3 Å². The van der Waals surface area contributed by atoms with E-state index in [-0.39, 0.29) is 6.10 Å². The number of aliphatic hydroxyl groups excluding tert-OH is 1. The van der Waals surface area contributed by atoms with E-state index in [0.717, 1.165) is 42.7 Å². The van der Waals surface area contributed by atoms with Crippen LogP contribution >= 0.6 is 0 Å². The number of nitrogens with zero attached hydrogens (tertiary/aromatic N) is 1. The molecule has 3 heteroatoms. The molecule has 3 N–H and O–H groups in total. The Hall–Kier alpha value is -1.61. The van der Waals surface area contributed by atoms with Crippen LogP contribution in [0.4, 0.5) is 0 Å². The third-order valence-electron chi connectivity index (χ3n) is 10.3. The van der Waals surface area contributed by atoms with Gasteiger partial charge in [0.05, 0.1) is 12.6 Å². The lowest BCUT2D eigenvalue weighted by molar-refractivity contribution is -0.0409. The summed E-state index contributed by atoms with van der Waals surface area (Å²) in [6.07, 6.45) is 12.2. The van der Waals surface area contributed by atoms with E-state index in [1.54, 1.807) is 5.57 Å². The van der Waals surface area contributed by atoms with Crippen molar-refractivity contribution in [3.05, 3.63) is 46.5 Å². The molecule has 3 fully saturated rings. The molecule has 1 aliphatic heterocycles. The number of aliphatic hydroxyl groups is 1. The third kappa shape index (κ3) is 2.51. The molecule has 160 valence electrons. The first kappa shape index (κ1) is 19.1. The Kier molecular flexibility index (Phi) is 4.11. The maximum Gasteiger partial charge on any atom is 0.126 e. The zero-order valence-electron chi connectivity index (χ0n) is 18.5. The van der Waals surface area contributed by atoms with E-state index in [1.807, 2.05) is 0 Å². The molecule has 0 aromatic heterocycles. The van der Waals surface area contributed by atoms with Gasteiger partial charge in [0.1, 0.15) is 5.84 Å². The second kappa shape index (κ2) is 6.45. The fourth-order valence-electron chi connectivity index (χ4n) is 8.66. The van der Waals surface area contributed by atoms with Crippen LogP contribution in [0.1, 0.15) is 87.8 Å². The van der Waals surface area contributed by atoms with Gasteiger partial charge in [-0.1, -0.05) is 43.7 Å². The number of allylic oxidation sites excluding steroid dienone is 1. The third-order valence-corrected chi connectivity index (χ3v) is 10.3. The first-order chi connectivity index (χ1) is 14.4. The van der Waals surface area contributed by atoms with Crippen LogP contribution in [0.25, 0.3) is 0 Å². The number of hydrogen-bond acceptors (Lipinski definition) is 3. The number of fused-ring (bicyclic) bond motifs is 6. The summed E-state index contributed by atoms with van der Waals surface area (Å²) in [4.78, 5) is 4.45. The highest BCUT2D eigenvalue weighted by Crippen LogP contribution is 2.68. The fraction of sp³-hybridized carbons (Fsp3) is 0.667. The summed E-state index contributed by atoms with van der Waals surface area (Å²) in [6.45, 7) is 5.89. The minimum absolute atomic E-state index is 0.108. The van der Waals surface area contributed by atoms with E-state index < -0.39 is 0 Å². The van der Waals surface area contributed by atoms with Gasteiger partial charge in [0, 0.05) is 5.56 Å². The number of benzene rings is 1. The van der Waals surface area contributed by atoms with Crippen molar-refractivity contribution in [3.63, 3.8) is 0 Å². The topological polar surface area (TPSA) is 58.6 Å². The summed E-state index contributed by atoms with van der Waals surface area (Å²) in [7, 11) is 0. The molecular weight excluding hydrogens is 368 g/mol. The molecule has 1 aromatic carbocycles. The standard InChI is InChI=1S/C27H36N2O/c1-26-11-9-19(30)14-18(26)4-6-21-23-8-7-22(27(23,2)12-10-24(21)26)16-3-5-20-17(13-16)15-29-25(20)28/h3-5,13,19,21-24,30H,6-12,14-15H2,1-2H3,(H2,28,29)/t19-,21-,22+,23-,24-,26-,27+/m0/s1.